The summed E-state index contributed by atoms with van der Waals surface area (Å²) >= 11 is 0. The maximum absolute atomic E-state index is 12.6. The first-order valence-electron chi connectivity index (χ1n) is 8.97. The minimum Gasteiger partial charge on any atom is -0.352 e. The number of anilines is 1. The van der Waals surface area contributed by atoms with Crippen LogP contribution in [0.4, 0.5) is 5.69 Å². The number of carbonyl (C=O) groups is 2. The fraction of sp³-hybridized carbons (Fsp3) is 0.333. The summed E-state index contributed by atoms with van der Waals surface area (Å²) in [6.45, 7) is 1.29. The Morgan fingerprint density at radius 3 is 2.56 bits per heavy atom. The van der Waals surface area contributed by atoms with Gasteiger partial charge in [-0.15, -0.1) is 0 Å². The van der Waals surface area contributed by atoms with E-state index in [2.05, 4.69) is 11.4 Å². The van der Waals surface area contributed by atoms with Crippen molar-refractivity contribution >= 4 is 17.5 Å². The van der Waals surface area contributed by atoms with Crippen LogP contribution in [0.25, 0.3) is 0 Å². The van der Waals surface area contributed by atoms with Gasteiger partial charge >= 0.3 is 0 Å². The number of nitrogens with one attached hydrogen (secondary N) is 1. The molecule has 0 aliphatic carbocycles. The summed E-state index contributed by atoms with van der Waals surface area (Å²) in [5, 5.41) is 2.88. The van der Waals surface area contributed by atoms with Crippen molar-refractivity contribution < 1.29 is 9.59 Å². The number of benzene rings is 2. The first kappa shape index (κ1) is 17.2. The number of para-hydroxylation sites is 1. The quantitative estimate of drug-likeness (QED) is 0.849. The van der Waals surface area contributed by atoms with E-state index in [-0.39, 0.29) is 11.8 Å². The number of hydrogen-bond acceptors (Lipinski definition) is 2. The molecule has 1 aliphatic rings. The van der Waals surface area contributed by atoms with Gasteiger partial charge in [0.25, 0.3) is 5.91 Å². The average molecular weight is 336 g/mol. The van der Waals surface area contributed by atoms with Gasteiger partial charge in [-0.25, -0.2) is 0 Å². The zero-order chi connectivity index (χ0) is 17.5. The Morgan fingerprint density at radius 2 is 1.72 bits per heavy atom. The van der Waals surface area contributed by atoms with Crippen LogP contribution in [0, 0.1) is 0 Å². The van der Waals surface area contributed by atoms with Gasteiger partial charge in [-0.3, -0.25) is 9.59 Å². The van der Waals surface area contributed by atoms with E-state index in [9.17, 15) is 9.59 Å². The third-order valence-electron chi connectivity index (χ3n) is 4.55. The number of fused-ring (bicyclic) bond motifs is 1. The maximum atomic E-state index is 12.6. The van der Waals surface area contributed by atoms with E-state index in [0.29, 0.717) is 24.9 Å². The predicted octanol–water partition coefficient (Wildman–Crippen LogP) is 3.57. The molecule has 0 aromatic heterocycles. The highest BCUT2D eigenvalue weighted by Gasteiger charge is 2.20. The second-order valence-corrected chi connectivity index (χ2v) is 6.36. The highest BCUT2D eigenvalue weighted by atomic mass is 16.2. The van der Waals surface area contributed by atoms with Gasteiger partial charge in [-0.05, 0) is 49.4 Å². The molecular formula is C21H24N2O2. The Morgan fingerprint density at radius 1 is 0.960 bits per heavy atom. The van der Waals surface area contributed by atoms with E-state index in [1.54, 1.807) is 12.1 Å². The number of carbonyl (C=O) groups excluding carboxylic acids is 2. The van der Waals surface area contributed by atoms with Crippen molar-refractivity contribution in [3.8, 4) is 0 Å². The number of aryl methyl sites for hydroxylation is 1. The second kappa shape index (κ2) is 8.47. The monoisotopic (exact) mass is 336 g/mol. The molecule has 2 aromatic rings. The van der Waals surface area contributed by atoms with Gasteiger partial charge in [0.2, 0.25) is 5.91 Å². The number of hydrogen-bond donors (Lipinski definition) is 1. The van der Waals surface area contributed by atoms with Crippen LogP contribution < -0.4 is 10.2 Å². The summed E-state index contributed by atoms with van der Waals surface area (Å²) < 4.78 is 0. The normalized spacial score (nSPS) is 13.7. The van der Waals surface area contributed by atoms with Gasteiger partial charge in [-0.2, -0.15) is 0 Å². The fourth-order valence-electron chi connectivity index (χ4n) is 3.22. The molecule has 0 saturated carbocycles. The summed E-state index contributed by atoms with van der Waals surface area (Å²) in [5.74, 6) is 0.0523. The van der Waals surface area contributed by atoms with Crippen LogP contribution >= 0.6 is 0 Å². The van der Waals surface area contributed by atoms with E-state index in [4.69, 9.17) is 0 Å². The zero-order valence-corrected chi connectivity index (χ0v) is 14.4. The maximum Gasteiger partial charge on any atom is 0.251 e. The van der Waals surface area contributed by atoms with E-state index < -0.39 is 0 Å². The molecule has 0 unspecified atom stereocenters. The number of nitrogens with zero attached hydrogens (tertiary/aromatic N) is 1. The minimum absolute atomic E-state index is 0.0897. The summed E-state index contributed by atoms with van der Waals surface area (Å²) in [4.78, 5) is 26.6. The second-order valence-electron chi connectivity index (χ2n) is 6.36. The van der Waals surface area contributed by atoms with Crippen molar-refractivity contribution in [1.82, 2.24) is 5.32 Å². The van der Waals surface area contributed by atoms with Gasteiger partial charge in [0.1, 0.15) is 0 Å². The molecule has 0 bridgehead atoms. The molecule has 0 radical (unpaired) electrons. The molecule has 0 fully saturated rings. The standard InChI is InChI=1S/C21H24N2O2/c24-20(14-8-15-22-21(25)18-11-2-1-3-12-18)23-16-7-6-10-17-9-4-5-13-19(17)23/h1-5,9,11-13H,6-8,10,14-16H2,(H,22,25). The van der Waals surface area contributed by atoms with Gasteiger partial charge in [0.05, 0.1) is 0 Å². The van der Waals surface area contributed by atoms with Gasteiger partial charge in [0.15, 0.2) is 0 Å². The Hall–Kier alpha value is -2.62. The third-order valence-corrected chi connectivity index (χ3v) is 4.55. The van der Waals surface area contributed by atoms with Crippen molar-refractivity contribution in [2.24, 2.45) is 0 Å². The molecule has 0 saturated heterocycles. The van der Waals surface area contributed by atoms with Crippen LogP contribution in [-0.4, -0.2) is 24.9 Å². The van der Waals surface area contributed by atoms with Gasteiger partial charge in [0, 0.05) is 30.8 Å². The Bertz CT molecular complexity index is 728. The van der Waals surface area contributed by atoms with Crippen LogP contribution in [0.15, 0.2) is 54.6 Å². The van der Waals surface area contributed by atoms with Gasteiger partial charge in [-0.1, -0.05) is 36.4 Å². The Labute approximate surface area is 148 Å². The minimum atomic E-state index is -0.0897. The molecule has 130 valence electrons. The molecule has 0 atom stereocenters. The number of rotatable bonds is 5. The molecule has 4 nitrogen and oxygen atoms in total. The zero-order valence-electron chi connectivity index (χ0n) is 14.4. The lowest BCUT2D eigenvalue weighted by Crippen LogP contribution is -2.32. The first-order valence-corrected chi connectivity index (χ1v) is 8.97. The van der Waals surface area contributed by atoms with Crippen molar-refractivity contribution in [3.63, 3.8) is 0 Å². The molecular weight excluding hydrogens is 312 g/mol. The Balaban J connectivity index is 1.50. The lowest BCUT2D eigenvalue weighted by atomic mass is 10.1. The molecule has 0 spiro atoms. The highest BCUT2D eigenvalue weighted by molar-refractivity contribution is 5.95. The highest BCUT2D eigenvalue weighted by Crippen LogP contribution is 2.26. The summed E-state index contributed by atoms with van der Waals surface area (Å²) in [6, 6.07) is 17.3. The predicted molar refractivity (Wildman–Crippen MR) is 99.7 cm³/mol. The fourth-order valence-corrected chi connectivity index (χ4v) is 3.22. The van der Waals surface area contributed by atoms with Crippen LogP contribution in [0.1, 0.15) is 41.6 Å². The van der Waals surface area contributed by atoms with Crippen molar-refractivity contribution in [2.75, 3.05) is 18.0 Å². The molecule has 25 heavy (non-hydrogen) atoms. The third kappa shape index (κ3) is 4.47. The largest absolute Gasteiger partial charge is 0.352 e. The van der Waals surface area contributed by atoms with E-state index in [0.717, 1.165) is 31.5 Å². The molecule has 4 heteroatoms. The molecule has 3 rings (SSSR count). The first-order chi connectivity index (χ1) is 12.3. The average Bonchev–Trinajstić information content (AvgIpc) is 2.88. The summed E-state index contributed by atoms with van der Waals surface area (Å²) in [6.07, 6.45) is 4.28. The summed E-state index contributed by atoms with van der Waals surface area (Å²) in [7, 11) is 0. The van der Waals surface area contributed by atoms with Crippen LogP contribution in [-0.2, 0) is 11.2 Å². The van der Waals surface area contributed by atoms with Crippen molar-refractivity contribution in [3.05, 3.63) is 65.7 Å². The van der Waals surface area contributed by atoms with Crippen LogP contribution in [0.3, 0.4) is 0 Å². The molecule has 1 heterocycles. The van der Waals surface area contributed by atoms with E-state index in [1.165, 1.54) is 5.56 Å². The van der Waals surface area contributed by atoms with E-state index in [1.807, 2.05) is 41.3 Å². The summed E-state index contributed by atoms with van der Waals surface area (Å²) in [5.41, 5.74) is 2.96. The van der Waals surface area contributed by atoms with Crippen LogP contribution in [0.5, 0.6) is 0 Å². The Kier molecular flexibility index (Phi) is 5.83. The molecule has 1 N–H and O–H groups in total. The SMILES string of the molecule is O=C(NCCCC(=O)N1CCCCc2ccccc21)c1ccccc1. The lowest BCUT2D eigenvalue weighted by Gasteiger charge is -2.23. The van der Waals surface area contributed by atoms with E-state index >= 15 is 0 Å². The topological polar surface area (TPSA) is 49.4 Å². The van der Waals surface area contributed by atoms with Crippen LogP contribution in [0.2, 0.25) is 0 Å². The van der Waals surface area contributed by atoms with Crippen molar-refractivity contribution in [2.45, 2.75) is 32.1 Å². The molecule has 1 aliphatic heterocycles. The smallest absolute Gasteiger partial charge is 0.251 e. The lowest BCUT2D eigenvalue weighted by molar-refractivity contribution is -0.118. The van der Waals surface area contributed by atoms with Crippen molar-refractivity contribution in [1.29, 1.82) is 0 Å². The molecule has 2 amide bonds. The number of amides is 2. The molecule has 2 aromatic carbocycles. The van der Waals surface area contributed by atoms with Gasteiger partial charge < -0.3 is 10.2 Å².